The number of methoxy groups -OCH3 is 1. The molecule has 2 aromatic rings. The van der Waals surface area contributed by atoms with Crippen LogP contribution < -0.4 is 4.74 Å². The number of aromatic nitrogens is 2. The van der Waals surface area contributed by atoms with E-state index in [2.05, 4.69) is 9.97 Å². The molecule has 0 aliphatic heterocycles. The molecule has 0 aliphatic rings. The van der Waals surface area contributed by atoms with Crippen molar-refractivity contribution in [2.75, 3.05) is 7.11 Å². The van der Waals surface area contributed by atoms with Crippen LogP contribution in [0.25, 0.3) is 10.9 Å². The van der Waals surface area contributed by atoms with Crippen molar-refractivity contribution >= 4 is 22.5 Å². The number of aryl methyl sites for hydroxylation is 2. The van der Waals surface area contributed by atoms with Crippen molar-refractivity contribution in [3.05, 3.63) is 28.7 Å². The maximum Gasteiger partial charge on any atom is 0.146 e. The number of halogens is 1. The summed E-state index contributed by atoms with van der Waals surface area (Å²) < 4.78 is 5.24. The molecule has 0 unspecified atom stereocenters. The Morgan fingerprint density at radius 2 is 1.93 bits per heavy atom. The fourth-order valence-corrected chi connectivity index (χ4v) is 1.82. The van der Waals surface area contributed by atoms with Crippen molar-refractivity contribution in [3.8, 4) is 5.75 Å². The van der Waals surface area contributed by atoms with Crippen LogP contribution in [-0.4, -0.2) is 17.1 Å². The van der Waals surface area contributed by atoms with Crippen LogP contribution in [0.5, 0.6) is 5.75 Å². The van der Waals surface area contributed by atoms with E-state index in [4.69, 9.17) is 16.3 Å². The van der Waals surface area contributed by atoms with Crippen molar-refractivity contribution in [1.82, 2.24) is 9.97 Å². The standard InChI is InChI=1S/C11H11ClN2O/c1-6-9-4-8(12)5-10(15-3)11(9)14-7(2)13-6/h4-5H,1-3H3. The summed E-state index contributed by atoms with van der Waals surface area (Å²) in [5.74, 6) is 1.42. The lowest BCUT2D eigenvalue weighted by Crippen LogP contribution is -1.95. The summed E-state index contributed by atoms with van der Waals surface area (Å²) in [6.07, 6.45) is 0. The topological polar surface area (TPSA) is 35.0 Å². The predicted molar refractivity (Wildman–Crippen MR) is 60.6 cm³/mol. The van der Waals surface area contributed by atoms with Crippen molar-refractivity contribution in [2.24, 2.45) is 0 Å². The smallest absolute Gasteiger partial charge is 0.146 e. The Kier molecular flexibility index (Phi) is 2.49. The molecule has 1 aromatic heterocycles. The first-order chi connectivity index (χ1) is 7.11. The zero-order valence-electron chi connectivity index (χ0n) is 8.84. The molecule has 78 valence electrons. The highest BCUT2D eigenvalue weighted by Crippen LogP contribution is 2.29. The van der Waals surface area contributed by atoms with Gasteiger partial charge in [-0.1, -0.05) is 11.6 Å². The molecule has 0 fully saturated rings. The predicted octanol–water partition coefficient (Wildman–Crippen LogP) is 2.91. The lowest BCUT2D eigenvalue weighted by atomic mass is 10.2. The van der Waals surface area contributed by atoms with Gasteiger partial charge < -0.3 is 4.74 Å². The van der Waals surface area contributed by atoms with Crippen molar-refractivity contribution in [2.45, 2.75) is 13.8 Å². The van der Waals surface area contributed by atoms with E-state index >= 15 is 0 Å². The summed E-state index contributed by atoms with van der Waals surface area (Å²) in [6.45, 7) is 3.80. The second-order valence-corrected chi connectivity index (χ2v) is 3.80. The highest BCUT2D eigenvalue weighted by Gasteiger charge is 2.08. The Morgan fingerprint density at radius 3 is 2.60 bits per heavy atom. The summed E-state index contributed by atoms with van der Waals surface area (Å²) in [6, 6.07) is 3.62. The van der Waals surface area contributed by atoms with E-state index in [1.54, 1.807) is 13.2 Å². The van der Waals surface area contributed by atoms with Crippen molar-refractivity contribution in [3.63, 3.8) is 0 Å². The van der Waals surface area contributed by atoms with Gasteiger partial charge in [0.05, 0.1) is 7.11 Å². The normalized spacial score (nSPS) is 10.7. The molecule has 0 amide bonds. The van der Waals surface area contributed by atoms with Crippen LogP contribution in [0.1, 0.15) is 11.5 Å². The second-order valence-electron chi connectivity index (χ2n) is 3.36. The van der Waals surface area contributed by atoms with Gasteiger partial charge in [0.2, 0.25) is 0 Å². The molecule has 0 aliphatic carbocycles. The monoisotopic (exact) mass is 222 g/mol. The van der Waals surface area contributed by atoms with E-state index < -0.39 is 0 Å². The molecule has 0 saturated heterocycles. The van der Waals surface area contributed by atoms with E-state index in [0.29, 0.717) is 10.8 Å². The molecule has 0 saturated carbocycles. The van der Waals surface area contributed by atoms with E-state index in [-0.39, 0.29) is 0 Å². The highest BCUT2D eigenvalue weighted by molar-refractivity contribution is 6.31. The zero-order chi connectivity index (χ0) is 11.0. The molecular formula is C11H11ClN2O. The quantitative estimate of drug-likeness (QED) is 0.744. The molecule has 2 rings (SSSR count). The van der Waals surface area contributed by atoms with E-state index in [1.807, 2.05) is 19.9 Å². The lowest BCUT2D eigenvalue weighted by molar-refractivity contribution is 0.418. The third kappa shape index (κ3) is 1.75. The number of ether oxygens (including phenoxy) is 1. The van der Waals surface area contributed by atoms with Gasteiger partial charge in [-0.15, -0.1) is 0 Å². The SMILES string of the molecule is COc1cc(Cl)cc2c(C)nc(C)nc12. The van der Waals surface area contributed by atoms with E-state index in [1.165, 1.54) is 0 Å². The number of rotatable bonds is 1. The number of hydrogen-bond acceptors (Lipinski definition) is 3. The summed E-state index contributed by atoms with van der Waals surface area (Å²) in [5.41, 5.74) is 1.73. The molecule has 1 heterocycles. The zero-order valence-corrected chi connectivity index (χ0v) is 9.59. The first kappa shape index (κ1) is 10.2. The van der Waals surface area contributed by atoms with Gasteiger partial charge in [0, 0.05) is 22.2 Å². The van der Waals surface area contributed by atoms with Gasteiger partial charge >= 0.3 is 0 Å². The second kappa shape index (κ2) is 3.66. The Morgan fingerprint density at radius 1 is 1.20 bits per heavy atom. The maximum absolute atomic E-state index is 5.98. The minimum absolute atomic E-state index is 0.634. The first-order valence-electron chi connectivity index (χ1n) is 4.60. The first-order valence-corrected chi connectivity index (χ1v) is 4.98. The molecule has 0 bridgehead atoms. The van der Waals surface area contributed by atoms with Crippen molar-refractivity contribution < 1.29 is 4.74 Å². The van der Waals surface area contributed by atoms with Gasteiger partial charge in [0.25, 0.3) is 0 Å². The molecule has 1 aromatic carbocycles. The number of nitrogens with zero attached hydrogens (tertiary/aromatic N) is 2. The summed E-state index contributed by atoms with van der Waals surface area (Å²) in [5, 5.41) is 1.57. The van der Waals surface area contributed by atoms with Crippen LogP contribution in [-0.2, 0) is 0 Å². The highest BCUT2D eigenvalue weighted by atomic mass is 35.5. The molecule has 0 N–H and O–H groups in total. The fraction of sp³-hybridized carbons (Fsp3) is 0.273. The Balaban J connectivity index is 2.89. The number of benzene rings is 1. The average molecular weight is 223 g/mol. The van der Waals surface area contributed by atoms with E-state index in [0.717, 1.165) is 22.4 Å². The largest absolute Gasteiger partial charge is 0.494 e. The molecule has 0 spiro atoms. The van der Waals surface area contributed by atoms with Crippen LogP contribution in [0.15, 0.2) is 12.1 Å². The van der Waals surface area contributed by atoms with Gasteiger partial charge in [-0.05, 0) is 19.9 Å². The van der Waals surface area contributed by atoms with Gasteiger partial charge in [-0.25, -0.2) is 9.97 Å². The van der Waals surface area contributed by atoms with Crippen LogP contribution >= 0.6 is 11.6 Å². The molecule has 15 heavy (non-hydrogen) atoms. The van der Waals surface area contributed by atoms with Crippen LogP contribution in [0.2, 0.25) is 5.02 Å². The average Bonchev–Trinajstić information content (AvgIpc) is 2.18. The fourth-order valence-electron chi connectivity index (χ4n) is 1.61. The minimum Gasteiger partial charge on any atom is -0.494 e. The molecule has 3 nitrogen and oxygen atoms in total. The summed E-state index contributed by atoms with van der Waals surface area (Å²) in [4.78, 5) is 8.65. The minimum atomic E-state index is 0.634. The van der Waals surface area contributed by atoms with Gasteiger partial charge in [0.1, 0.15) is 17.1 Å². The number of hydrogen-bond donors (Lipinski definition) is 0. The Bertz CT molecular complexity index is 525. The van der Waals surface area contributed by atoms with Crippen LogP contribution in [0.3, 0.4) is 0 Å². The van der Waals surface area contributed by atoms with Gasteiger partial charge in [-0.3, -0.25) is 0 Å². The molecule has 4 heteroatoms. The lowest BCUT2D eigenvalue weighted by Gasteiger charge is -2.08. The Labute approximate surface area is 93.1 Å². The molecule has 0 radical (unpaired) electrons. The number of fused-ring (bicyclic) bond motifs is 1. The summed E-state index contributed by atoms with van der Waals surface area (Å²) in [7, 11) is 1.61. The third-order valence-corrected chi connectivity index (χ3v) is 2.47. The molecular weight excluding hydrogens is 212 g/mol. The van der Waals surface area contributed by atoms with E-state index in [9.17, 15) is 0 Å². The maximum atomic E-state index is 5.98. The summed E-state index contributed by atoms with van der Waals surface area (Å²) >= 11 is 5.98. The molecule has 0 atom stereocenters. The van der Waals surface area contributed by atoms with Crippen LogP contribution in [0.4, 0.5) is 0 Å². The Hall–Kier alpha value is -1.35. The van der Waals surface area contributed by atoms with Crippen molar-refractivity contribution in [1.29, 1.82) is 0 Å². The third-order valence-electron chi connectivity index (χ3n) is 2.25. The van der Waals surface area contributed by atoms with Crippen LogP contribution in [0, 0.1) is 13.8 Å². The van der Waals surface area contributed by atoms with Gasteiger partial charge in [0.15, 0.2) is 0 Å². The van der Waals surface area contributed by atoms with Gasteiger partial charge in [-0.2, -0.15) is 0 Å².